The Morgan fingerprint density at radius 1 is 0.848 bits per heavy atom. The summed E-state index contributed by atoms with van der Waals surface area (Å²) in [7, 11) is 1.95. The van der Waals surface area contributed by atoms with Crippen LogP contribution in [0.15, 0.2) is 60.7 Å². The first-order valence-electron chi connectivity index (χ1n) is 12.5. The molecule has 0 saturated heterocycles. The van der Waals surface area contributed by atoms with Gasteiger partial charge in [-0.3, -0.25) is 0 Å². The van der Waals surface area contributed by atoms with E-state index >= 15 is 0 Å². The van der Waals surface area contributed by atoms with Crippen molar-refractivity contribution in [1.82, 2.24) is 5.32 Å². The largest absolute Gasteiger partial charge is 0.391 e. The average molecular weight is 456 g/mol. The summed E-state index contributed by atoms with van der Waals surface area (Å²) >= 11 is 0. The van der Waals surface area contributed by atoms with E-state index in [2.05, 4.69) is 36.5 Å². The Morgan fingerprint density at radius 2 is 1.45 bits per heavy atom. The molecular weight excluding hydrogens is 414 g/mol. The van der Waals surface area contributed by atoms with Crippen LogP contribution in [0.3, 0.4) is 0 Å². The Morgan fingerprint density at radius 3 is 2.03 bits per heavy atom. The molecule has 0 aromatic heterocycles. The third kappa shape index (κ3) is 8.51. The summed E-state index contributed by atoms with van der Waals surface area (Å²) < 4.78 is 18.9. The van der Waals surface area contributed by atoms with E-state index in [1.807, 2.05) is 43.4 Å². The van der Waals surface area contributed by atoms with Crippen molar-refractivity contribution in [1.29, 1.82) is 0 Å². The average Bonchev–Trinajstić information content (AvgIpc) is 3.20. The molecule has 0 heterocycles. The molecule has 2 aromatic carbocycles. The summed E-state index contributed by atoms with van der Waals surface area (Å²) in [6.45, 7) is 3.61. The van der Waals surface area contributed by atoms with Crippen LogP contribution in [0.4, 0.5) is 0 Å². The lowest BCUT2D eigenvalue weighted by atomic mass is 10.1. The second-order valence-corrected chi connectivity index (χ2v) is 9.02. The highest BCUT2D eigenvalue weighted by Gasteiger charge is 2.45. The minimum absolute atomic E-state index is 0.00165. The van der Waals surface area contributed by atoms with Crippen LogP contribution < -0.4 is 5.32 Å². The van der Waals surface area contributed by atoms with Crippen molar-refractivity contribution >= 4 is 0 Å². The van der Waals surface area contributed by atoms with Crippen molar-refractivity contribution < 1.29 is 19.3 Å². The number of ether oxygens (including phenoxy) is 3. The molecule has 0 spiro atoms. The predicted molar refractivity (Wildman–Crippen MR) is 132 cm³/mol. The maximum absolute atomic E-state index is 10.5. The fourth-order valence-corrected chi connectivity index (χ4v) is 4.52. The van der Waals surface area contributed by atoms with Crippen molar-refractivity contribution in [2.75, 3.05) is 13.7 Å². The van der Waals surface area contributed by atoms with E-state index in [1.54, 1.807) is 0 Å². The van der Waals surface area contributed by atoms with Gasteiger partial charge in [-0.15, -0.1) is 0 Å². The van der Waals surface area contributed by atoms with E-state index in [-0.39, 0.29) is 24.4 Å². The smallest absolute Gasteiger partial charge is 0.102 e. The van der Waals surface area contributed by atoms with Gasteiger partial charge in [0.2, 0.25) is 0 Å². The second kappa shape index (κ2) is 14.5. The molecule has 1 fully saturated rings. The molecule has 33 heavy (non-hydrogen) atoms. The predicted octanol–water partition coefficient (Wildman–Crippen LogP) is 4.87. The van der Waals surface area contributed by atoms with Crippen molar-refractivity contribution in [2.24, 2.45) is 0 Å². The Bertz CT molecular complexity index is 757. The molecule has 5 atom stereocenters. The number of nitrogens with one attached hydrogen (secondary N) is 1. The van der Waals surface area contributed by atoms with Crippen LogP contribution in [0, 0.1) is 0 Å². The normalized spacial score (nSPS) is 23.6. The van der Waals surface area contributed by atoms with Gasteiger partial charge in [0.1, 0.15) is 6.10 Å². The summed E-state index contributed by atoms with van der Waals surface area (Å²) in [6, 6.07) is 20.4. The van der Waals surface area contributed by atoms with Gasteiger partial charge in [0, 0.05) is 6.42 Å². The minimum atomic E-state index is -0.446. The van der Waals surface area contributed by atoms with Gasteiger partial charge in [0.25, 0.3) is 0 Å². The molecule has 3 rings (SSSR count). The minimum Gasteiger partial charge on any atom is -0.391 e. The molecule has 5 unspecified atom stereocenters. The highest BCUT2D eigenvalue weighted by Crippen LogP contribution is 2.30. The summed E-state index contributed by atoms with van der Waals surface area (Å²) in [5.41, 5.74) is 2.29. The van der Waals surface area contributed by atoms with Crippen LogP contribution in [0.1, 0.15) is 56.6 Å². The van der Waals surface area contributed by atoms with Gasteiger partial charge in [-0.1, -0.05) is 93.3 Å². The van der Waals surface area contributed by atoms with Gasteiger partial charge in [-0.25, -0.2) is 0 Å². The Labute approximate surface area is 199 Å². The maximum atomic E-state index is 10.5. The molecule has 1 saturated carbocycles. The quantitative estimate of drug-likeness (QED) is 0.376. The fourth-order valence-electron chi connectivity index (χ4n) is 4.52. The zero-order chi connectivity index (χ0) is 23.3. The number of aliphatic hydroxyl groups excluding tert-OH is 1. The van der Waals surface area contributed by atoms with Gasteiger partial charge in [0.05, 0.1) is 44.2 Å². The van der Waals surface area contributed by atoms with Crippen molar-refractivity contribution in [2.45, 2.75) is 89.1 Å². The van der Waals surface area contributed by atoms with Crippen LogP contribution >= 0.6 is 0 Å². The molecule has 182 valence electrons. The van der Waals surface area contributed by atoms with Crippen LogP contribution in [0.25, 0.3) is 0 Å². The molecule has 2 aromatic rings. The molecule has 1 aliphatic rings. The highest BCUT2D eigenvalue weighted by molar-refractivity contribution is 5.14. The van der Waals surface area contributed by atoms with Crippen LogP contribution in [-0.4, -0.2) is 49.2 Å². The van der Waals surface area contributed by atoms with E-state index in [0.29, 0.717) is 19.8 Å². The molecule has 2 N–H and O–H groups in total. The van der Waals surface area contributed by atoms with Gasteiger partial charge < -0.3 is 24.6 Å². The molecule has 5 heteroatoms. The lowest BCUT2D eigenvalue weighted by Gasteiger charge is -2.27. The first-order chi connectivity index (χ1) is 16.2. The van der Waals surface area contributed by atoms with Crippen molar-refractivity contribution in [3.63, 3.8) is 0 Å². The number of likely N-dealkylation sites (N-methyl/N-ethyl adjacent to an activating group) is 1. The van der Waals surface area contributed by atoms with Crippen molar-refractivity contribution in [3.05, 3.63) is 71.8 Å². The Hall–Kier alpha value is -1.76. The monoisotopic (exact) mass is 455 g/mol. The second-order valence-electron chi connectivity index (χ2n) is 9.02. The number of benzene rings is 2. The molecular formula is C28H41NO4. The highest BCUT2D eigenvalue weighted by atomic mass is 16.6. The number of rotatable bonds is 15. The Kier molecular flexibility index (Phi) is 11.4. The molecule has 0 bridgehead atoms. The SMILES string of the molecule is CCCCCCC(O)COC1C(OCc2ccccc2)CC(OCc2ccccc2)C1NC. The molecule has 1 aliphatic carbocycles. The number of aliphatic hydroxyl groups is 1. The van der Waals surface area contributed by atoms with Crippen LogP contribution in [0.2, 0.25) is 0 Å². The lowest BCUT2D eigenvalue weighted by molar-refractivity contribution is -0.0912. The topological polar surface area (TPSA) is 60.0 Å². The van der Waals surface area contributed by atoms with Crippen LogP contribution in [0.5, 0.6) is 0 Å². The van der Waals surface area contributed by atoms with E-state index < -0.39 is 6.10 Å². The molecule has 0 radical (unpaired) electrons. The van der Waals surface area contributed by atoms with Crippen LogP contribution in [-0.2, 0) is 27.4 Å². The molecule has 0 aliphatic heterocycles. The van der Waals surface area contributed by atoms with Gasteiger partial charge in [-0.05, 0) is 24.6 Å². The zero-order valence-electron chi connectivity index (χ0n) is 20.2. The van der Waals surface area contributed by atoms with Gasteiger partial charge in [-0.2, -0.15) is 0 Å². The van der Waals surface area contributed by atoms with Gasteiger partial charge >= 0.3 is 0 Å². The molecule has 0 amide bonds. The standard InChI is InChI=1S/C28H41NO4/c1-3-4-5-12-17-24(30)21-33-28-26(32-20-23-15-10-7-11-16-23)18-25(27(28)29-2)31-19-22-13-8-6-9-14-22/h6-11,13-16,24-30H,3-5,12,17-21H2,1-2H3. The summed E-state index contributed by atoms with van der Waals surface area (Å²) in [5, 5.41) is 13.9. The Balaban J connectivity index is 1.59. The summed E-state index contributed by atoms with van der Waals surface area (Å²) in [4.78, 5) is 0. The third-order valence-electron chi connectivity index (χ3n) is 6.40. The first kappa shape index (κ1) is 25.9. The van der Waals surface area contributed by atoms with Gasteiger partial charge in [0.15, 0.2) is 0 Å². The van der Waals surface area contributed by atoms with E-state index in [0.717, 1.165) is 36.8 Å². The third-order valence-corrected chi connectivity index (χ3v) is 6.40. The van der Waals surface area contributed by atoms with Crippen molar-refractivity contribution in [3.8, 4) is 0 Å². The number of hydrogen-bond acceptors (Lipinski definition) is 5. The lowest BCUT2D eigenvalue weighted by Crippen LogP contribution is -2.46. The number of unbranched alkanes of at least 4 members (excludes halogenated alkanes) is 3. The first-order valence-corrected chi connectivity index (χ1v) is 12.5. The van der Waals surface area contributed by atoms with E-state index in [4.69, 9.17) is 14.2 Å². The maximum Gasteiger partial charge on any atom is 0.102 e. The van der Waals surface area contributed by atoms with E-state index in [1.165, 1.54) is 12.8 Å². The number of hydrogen-bond donors (Lipinski definition) is 2. The molecule has 5 nitrogen and oxygen atoms in total. The summed E-state index contributed by atoms with van der Waals surface area (Å²) in [6.07, 6.45) is 5.39. The fraction of sp³-hybridized carbons (Fsp3) is 0.571. The zero-order valence-corrected chi connectivity index (χ0v) is 20.2. The summed E-state index contributed by atoms with van der Waals surface area (Å²) in [5.74, 6) is 0. The van der Waals surface area contributed by atoms with E-state index in [9.17, 15) is 5.11 Å².